The number of aromatic nitrogens is 1. The number of carboxylic acids is 1. The fraction of sp³-hybridized carbons (Fsp3) is 0.455. The second kappa shape index (κ2) is 6.07. The van der Waals surface area contributed by atoms with Gasteiger partial charge in [-0.15, -0.1) is 0 Å². The maximum atomic E-state index is 10.7. The third-order valence-corrected chi connectivity index (χ3v) is 2.02. The Morgan fingerprint density at radius 2 is 2.44 bits per heavy atom. The molecule has 0 amide bonds. The van der Waals surface area contributed by atoms with E-state index in [1.807, 2.05) is 13.8 Å². The van der Waals surface area contributed by atoms with Gasteiger partial charge in [-0.25, -0.2) is 9.78 Å². The molecular weight excluding hydrogens is 208 g/mol. The highest BCUT2D eigenvalue weighted by atomic mass is 16.5. The van der Waals surface area contributed by atoms with E-state index in [-0.39, 0.29) is 11.8 Å². The zero-order chi connectivity index (χ0) is 12.0. The highest BCUT2D eigenvalue weighted by molar-refractivity contribution is 5.86. The number of carboxylic acid groups (broad SMARTS) is 1. The first-order valence-electron chi connectivity index (χ1n) is 5.18. The molecule has 1 aromatic heterocycles. The van der Waals surface area contributed by atoms with Crippen molar-refractivity contribution in [3.05, 3.63) is 24.0 Å². The quantitative estimate of drug-likeness (QED) is 0.768. The van der Waals surface area contributed by atoms with Crippen LogP contribution in [0.5, 0.6) is 0 Å². The number of ether oxygens (including phenoxy) is 1. The Morgan fingerprint density at radius 3 is 3.06 bits per heavy atom. The Labute approximate surface area is 94.5 Å². The lowest BCUT2D eigenvalue weighted by molar-refractivity contribution is 0.0690. The van der Waals surface area contributed by atoms with Crippen molar-refractivity contribution in [3.63, 3.8) is 0 Å². The monoisotopic (exact) mass is 224 g/mol. The molecule has 0 aliphatic heterocycles. The van der Waals surface area contributed by atoms with Gasteiger partial charge in [-0.3, -0.25) is 0 Å². The van der Waals surface area contributed by atoms with Crippen LogP contribution in [0.3, 0.4) is 0 Å². The van der Waals surface area contributed by atoms with Crippen molar-refractivity contribution in [1.82, 2.24) is 4.98 Å². The van der Waals surface area contributed by atoms with Crippen molar-refractivity contribution in [3.8, 4) is 0 Å². The number of rotatable bonds is 6. The van der Waals surface area contributed by atoms with E-state index in [1.54, 1.807) is 6.07 Å². The van der Waals surface area contributed by atoms with E-state index < -0.39 is 5.97 Å². The Bertz CT molecular complexity index is 355. The fourth-order valence-corrected chi connectivity index (χ4v) is 1.26. The van der Waals surface area contributed by atoms with Gasteiger partial charge in [0.05, 0.1) is 6.10 Å². The van der Waals surface area contributed by atoms with E-state index >= 15 is 0 Å². The summed E-state index contributed by atoms with van der Waals surface area (Å²) in [4.78, 5) is 14.4. The van der Waals surface area contributed by atoms with Gasteiger partial charge in [0.15, 0.2) is 0 Å². The first-order chi connectivity index (χ1) is 7.63. The number of nitrogens with one attached hydrogen (secondary N) is 1. The molecule has 0 spiro atoms. The van der Waals surface area contributed by atoms with Crippen LogP contribution in [0.2, 0.25) is 0 Å². The second-order valence-corrected chi connectivity index (χ2v) is 3.38. The van der Waals surface area contributed by atoms with E-state index in [0.29, 0.717) is 13.2 Å². The fourth-order valence-electron chi connectivity index (χ4n) is 1.26. The van der Waals surface area contributed by atoms with Crippen LogP contribution in [0.1, 0.15) is 24.3 Å². The third kappa shape index (κ3) is 3.86. The number of hydrogen-bond donors (Lipinski definition) is 2. The summed E-state index contributed by atoms with van der Waals surface area (Å²) in [7, 11) is 0. The molecule has 88 valence electrons. The maximum absolute atomic E-state index is 10.7. The van der Waals surface area contributed by atoms with E-state index in [0.717, 1.165) is 5.69 Å². The molecule has 1 heterocycles. The van der Waals surface area contributed by atoms with Gasteiger partial charge < -0.3 is 15.2 Å². The molecule has 0 radical (unpaired) electrons. The minimum absolute atomic E-state index is 0.0362. The van der Waals surface area contributed by atoms with Crippen molar-refractivity contribution < 1.29 is 14.6 Å². The zero-order valence-electron chi connectivity index (χ0n) is 9.43. The van der Waals surface area contributed by atoms with Gasteiger partial charge >= 0.3 is 5.97 Å². The van der Waals surface area contributed by atoms with Crippen LogP contribution in [-0.4, -0.2) is 35.3 Å². The average Bonchev–Trinajstić information content (AvgIpc) is 2.27. The number of hydrogen-bond acceptors (Lipinski definition) is 4. The summed E-state index contributed by atoms with van der Waals surface area (Å²) < 4.78 is 5.35. The van der Waals surface area contributed by atoms with Crippen LogP contribution in [0.25, 0.3) is 0 Å². The normalized spacial score (nSPS) is 12.1. The number of anilines is 1. The van der Waals surface area contributed by atoms with E-state index in [9.17, 15) is 4.79 Å². The molecule has 5 nitrogen and oxygen atoms in total. The van der Waals surface area contributed by atoms with E-state index in [2.05, 4.69) is 10.3 Å². The number of nitrogens with zero attached hydrogens (tertiary/aromatic N) is 1. The molecule has 0 saturated carbocycles. The molecule has 0 aliphatic carbocycles. The molecular formula is C11H16N2O3. The van der Waals surface area contributed by atoms with E-state index in [4.69, 9.17) is 9.84 Å². The zero-order valence-corrected chi connectivity index (χ0v) is 9.43. The number of aromatic carboxylic acids is 1. The van der Waals surface area contributed by atoms with Gasteiger partial charge in [-0.2, -0.15) is 0 Å². The van der Waals surface area contributed by atoms with Gasteiger partial charge in [-0.05, 0) is 26.0 Å². The van der Waals surface area contributed by atoms with Crippen molar-refractivity contribution in [1.29, 1.82) is 0 Å². The topological polar surface area (TPSA) is 71.5 Å². The number of pyridine rings is 1. The van der Waals surface area contributed by atoms with Crippen molar-refractivity contribution >= 4 is 11.7 Å². The molecule has 0 aromatic carbocycles. The van der Waals surface area contributed by atoms with Crippen LogP contribution in [0.4, 0.5) is 5.69 Å². The van der Waals surface area contributed by atoms with E-state index in [1.165, 1.54) is 12.3 Å². The summed E-state index contributed by atoms with van der Waals surface area (Å²) >= 11 is 0. The lowest BCUT2D eigenvalue weighted by Crippen LogP contribution is -2.19. The van der Waals surface area contributed by atoms with Crippen LogP contribution in [-0.2, 0) is 4.74 Å². The van der Waals surface area contributed by atoms with Crippen LogP contribution in [0.15, 0.2) is 18.3 Å². The standard InChI is InChI=1S/C11H16N2O3/c1-3-16-8(2)7-13-9-4-5-12-10(6-9)11(14)15/h4-6,8H,3,7H2,1-2H3,(H,12,13)(H,14,15). The Kier molecular flexibility index (Phi) is 4.72. The summed E-state index contributed by atoms with van der Waals surface area (Å²) in [5.74, 6) is -1.03. The summed E-state index contributed by atoms with van der Waals surface area (Å²) in [6, 6.07) is 3.23. The molecule has 1 rings (SSSR count). The molecule has 0 bridgehead atoms. The number of carbonyl (C=O) groups is 1. The van der Waals surface area contributed by atoms with Gasteiger partial charge in [0.1, 0.15) is 5.69 Å². The predicted octanol–water partition coefficient (Wildman–Crippen LogP) is 1.62. The average molecular weight is 224 g/mol. The Morgan fingerprint density at radius 1 is 1.69 bits per heavy atom. The highest BCUT2D eigenvalue weighted by Crippen LogP contribution is 2.08. The molecule has 1 aromatic rings. The van der Waals surface area contributed by atoms with Crippen molar-refractivity contribution in [2.75, 3.05) is 18.5 Å². The molecule has 1 atom stereocenters. The first-order valence-corrected chi connectivity index (χ1v) is 5.18. The maximum Gasteiger partial charge on any atom is 0.354 e. The Hall–Kier alpha value is -1.62. The van der Waals surface area contributed by atoms with Gasteiger partial charge in [0.25, 0.3) is 0 Å². The molecule has 16 heavy (non-hydrogen) atoms. The van der Waals surface area contributed by atoms with Crippen LogP contribution >= 0.6 is 0 Å². The van der Waals surface area contributed by atoms with Crippen molar-refractivity contribution in [2.45, 2.75) is 20.0 Å². The van der Waals surface area contributed by atoms with Gasteiger partial charge in [-0.1, -0.05) is 0 Å². The molecule has 0 aliphatic rings. The second-order valence-electron chi connectivity index (χ2n) is 3.38. The largest absolute Gasteiger partial charge is 0.477 e. The van der Waals surface area contributed by atoms with Gasteiger partial charge in [0.2, 0.25) is 0 Å². The Balaban J connectivity index is 2.54. The summed E-state index contributed by atoms with van der Waals surface area (Å²) in [6.45, 7) is 5.19. The summed E-state index contributed by atoms with van der Waals surface area (Å²) in [5.41, 5.74) is 0.771. The van der Waals surface area contributed by atoms with Crippen LogP contribution in [0, 0.1) is 0 Å². The van der Waals surface area contributed by atoms with Crippen LogP contribution < -0.4 is 5.32 Å². The predicted molar refractivity (Wildman–Crippen MR) is 60.8 cm³/mol. The van der Waals surface area contributed by atoms with Crippen molar-refractivity contribution in [2.24, 2.45) is 0 Å². The molecule has 1 unspecified atom stereocenters. The first kappa shape index (κ1) is 12.4. The molecule has 5 heteroatoms. The highest BCUT2D eigenvalue weighted by Gasteiger charge is 2.05. The molecule has 0 saturated heterocycles. The smallest absolute Gasteiger partial charge is 0.354 e. The lowest BCUT2D eigenvalue weighted by atomic mass is 10.3. The summed E-state index contributed by atoms with van der Waals surface area (Å²) in [5, 5.41) is 11.9. The minimum Gasteiger partial charge on any atom is -0.477 e. The minimum atomic E-state index is -1.03. The van der Waals surface area contributed by atoms with Gasteiger partial charge in [0, 0.05) is 25.0 Å². The summed E-state index contributed by atoms with van der Waals surface area (Å²) in [6.07, 6.45) is 1.56. The lowest BCUT2D eigenvalue weighted by Gasteiger charge is -2.13. The molecule has 0 fully saturated rings. The molecule has 2 N–H and O–H groups in total. The SMILES string of the molecule is CCOC(C)CNc1ccnc(C(=O)O)c1. The third-order valence-electron chi connectivity index (χ3n) is 2.02.